The van der Waals surface area contributed by atoms with E-state index in [9.17, 15) is 0 Å². The molecule has 0 aliphatic carbocycles. The van der Waals surface area contributed by atoms with Gasteiger partial charge in [-0.1, -0.05) is 6.42 Å². The molecule has 12 heavy (non-hydrogen) atoms. The first-order valence-corrected chi connectivity index (χ1v) is 2.17. The van der Waals surface area contributed by atoms with Gasteiger partial charge in [-0.3, -0.25) is 0 Å². The predicted octanol–water partition coefficient (Wildman–Crippen LogP) is -0.340. The highest BCUT2D eigenvalue weighted by molar-refractivity contribution is 4.76. The van der Waals surface area contributed by atoms with Gasteiger partial charge in [0, 0.05) is 15.1 Å². The van der Waals surface area contributed by atoms with Crippen LogP contribution in [0.3, 0.4) is 0 Å². The van der Waals surface area contributed by atoms with Crippen LogP contribution < -0.4 is 0 Å². The van der Waals surface area contributed by atoms with Crippen LogP contribution in [0.2, 0.25) is 0 Å². The van der Waals surface area contributed by atoms with Crippen LogP contribution in [0.25, 0.3) is 0 Å². The molecular weight excluding hydrogens is 176 g/mol. The maximum Gasteiger partial charge on any atom is 0.208 e. The number of rotatable bonds is 5. The van der Waals surface area contributed by atoms with Gasteiger partial charge in [-0.05, 0) is 5.04 Å². The van der Waals surface area contributed by atoms with Gasteiger partial charge in [0.15, 0.2) is 6.11 Å². The SMILES string of the molecule is C#COOOOC#COOOO. The van der Waals surface area contributed by atoms with Gasteiger partial charge in [-0.2, -0.15) is 0 Å². The van der Waals surface area contributed by atoms with Gasteiger partial charge in [0.1, 0.15) is 0 Å². The minimum Gasteiger partial charge on any atom is -0.250 e. The lowest BCUT2D eigenvalue weighted by molar-refractivity contribution is -0.608. The van der Waals surface area contributed by atoms with Crippen molar-refractivity contribution < 1.29 is 40.1 Å². The summed E-state index contributed by atoms with van der Waals surface area (Å²) in [6.07, 6.45) is 9.51. The third-order valence-corrected chi connectivity index (χ3v) is 0.333. The molecule has 0 aromatic carbocycles. The fourth-order valence-corrected chi connectivity index (χ4v) is 0.131. The number of hydrogen-bond acceptors (Lipinski definition) is 8. The predicted molar refractivity (Wildman–Crippen MR) is 26.8 cm³/mol. The second-order valence-electron chi connectivity index (χ2n) is 0.851. The monoisotopic (exact) mass is 178 g/mol. The Morgan fingerprint density at radius 2 is 1.50 bits per heavy atom. The van der Waals surface area contributed by atoms with E-state index in [2.05, 4.69) is 41.2 Å². The van der Waals surface area contributed by atoms with Crippen molar-refractivity contribution in [2.45, 2.75) is 0 Å². The Balaban J connectivity index is 3.06. The zero-order valence-electron chi connectivity index (χ0n) is 5.38. The molecule has 1 N–H and O–H groups in total. The molecule has 0 bridgehead atoms. The third-order valence-electron chi connectivity index (χ3n) is 0.333. The van der Waals surface area contributed by atoms with E-state index in [0.29, 0.717) is 0 Å². The van der Waals surface area contributed by atoms with Crippen molar-refractivity contribution in [3.05, 3.63) is 0 Å². The van der Waals surface area contributed by atoms with Crippen molar-refractivity contribution in [2.24, 2.45) is 0 Å². The molecule has 66 valence electrons. The van der Waals surface area contributed by atoms with Crippen molar-refractivity contribution >= 4 is 0 Å². The molecule has 8 nitrogen and oxygen atoms in total. The van der Waals surface area contributed by atoms with Crippen LogP contribution in [0.1, 0.15) is 0 Å². The first-order chi connectivity index (χ1) is 5.91. The van der Waals surface area contributed by atoms with Crippen LogP contribution in [-0.4, -0.2) is 5.26 Å². The topological polar surface area (TPSA) is 84.8 Å². The summed E-state index contributed by atoms with van der Waals surface area (Å²) in [6.45, 7) is 0. The van der Waals surface area contributed by atoms with Gasteiger partial charge in [0.2, 0.25) is 12.2 Å². The molecule has 0 spiro atoms. The van der Waals surface area contributed by atoms with E-state index in [1.165, 1.54) is 0 Å². The number of terminal acetylenes is 1. The Kier molecular flexibility index (Phi) is 8.02. The molecule has 0 aliphatic heterocycles. The van der Waals surface area contributed by atoms with E-state index >= 15 is 0 Å². The Bertz CT molecular complexity index is 183. The smallest absolute Gasteiger partial charge is 0.208 e. The minimum absolute atomic E-state index is 1.59. The zero-order chi connectivity index (χ0) is 9.07. The van der Waals surface area contributed by atoms with E-state index in [-0.39, 0.29) is 0 Å². The molecule has 0 aromatic rings. The highest BCUT2D eigenvalue weighted by Crippen LogP contribution is 1.79. The molecule has 0 rings (SSSR count). The fourth-order valence-electron chi connectivity index (χ4n) is 0.131. The average molecular weight is 178 g/mol. The molecule has 0 amide bonds. The van der Waals surface area contributed by atoms with Crippen LogP contribution in [0.5, 0.6) is 0 Å². The van der Waals surface area contributed by atoms with E-state index in [1.807, 2.05) is 0 Å². The normalized spacial score (nSPS) is 7.33. The Labute approximate surface area is 66.0 Å². The lowest BCUT2D eigenvalue weighted by atomic mass is 11.2. The minimum atomic E-state index is 1.59. The maximum atomic E-state index is 7.49. The van der Waals surface area contributed by atoms with Crippen LogP contribution in [-0.2, 0) is 34.8 Å². The van der Waals surface area contributed by atoms with Crippen molar-refractivity contribution in [3.63, 3.8) is 0 Å². The van der Waals surface area contributed by atoms with E-state index in [0.717, 1.165) is 0 Å². The molecule has 0 heterocycles. The summed E-state index contributed by atoms with van der Waals surface area (Å²) >= 11 is 0. The van der Waals surface area contributed by atoms with Crippen LogP contribution in [0.4, 0.5) is 0 Å². The van der Waals surface area contributed by atoms with Gasteiger partial charge in [-0.15, -0.1) is 0 Å². The number of hydrogen-bond donors (Lipinski definition) is 1. The largest absolute Gasteiger partial charge is 0.250 e. The molecule has 0 radical (unpaired) electrons. The van der Waals surface area contributed by atoms with E-state index in [1.54, 1.807) is 18.3 Å². The van der Waals surface area contributed by atoms with Gasteiger partial charge < -0.3 is 0 Å². The van der Waals surface area contributed by atoms with Gasteiger partial charge in [0.05, 0.1) is 0 Å². The van der Waals surface area contributed by atoms with Gasteiger partial charge in [0.25, 0.3) is 0 Å². The highest BCUT2D eigenvalue weighted by Gasteiger charge is 1.83. The summed E-state index contributed by atoms with van der Waals surface area (Å²) < 4.78 is 0. The molecule has 0 saturated carbocycles. The Hall–Kier alpha value is -1.68. The molecule has 0 aromatic heterocycles. The summed E-state index contributed by atoms with van der Waals surface area (Å²) in [6, 6.07) is 0. The molecular formula is C4H2O8. The first kappa shape index (κ1) is 10.3. The van der Waals surface area contributed by atoms with Crippen molar-refractivity contribution in [1.29, 1.82) is 0 Å². The second-order valence-corrected chi connectivity index (χ2v) is 0.851. The third kappa shape index (κ3) is 8.32. The second kappa shape index (κ2) is 9.32. The summed E-state index contributed by atoms with van der Waals surface area (Å²) in [7, 11) is 0. The molecule has 0 aliphatic rings. The molecule has 0 atom stereocenters. The summed E-state index contributed by atoms with van der Waals surface area (Å²) in [5, 5.41) is 21.2. The molecule has 0 fully saturated rings. The molecule has 0 saturated heterocycles. The van der Waals surface area contributed by atoms with Gasteiger partial charge >= 0.3 is 0 Å². The van der Waals surface area contributed by atoms with Crippen LogP contribution in [0, 0.1) is 24.7 Å². The summed E-state index contributed by atoms with van der Waals surface area (Å²) in [4.78, 5) is 11.3. The molecule has 0 unspecified atom stereocenters. The Morgan fingerprint density at radius 3 is 2.08 bits per heavy atom. The maximum absolute atomic E-state index is 7.49. The Morgan fingerprint density at radius 1 is 0.917 bits per heavy atom. The average Bonchev–Trinajstić information content (AvgIpc) is 2.10. The van der Waals surface area contributed by atoms with Crippen LogP contribution >= 0.6 is 0 Å². The fraction of sp³-hybridized carbons (Fsp3) is 0. The van der Waals surface area contributed by atoms with Crippen molar-refractivity contribution in [2.75, 3.05) is 0 Å². The lowest BCUT2D eigenvalue weighted by Crippen LogP contribution is -1.90. The quantitative estimate of drug-likeness (QED) is 0.265. The lowest BCUT2D eigenvalue weighted by Gasteiger charge is -1.89. The van der Waals surface area contributed by atoms with E-state index < -0.39 is 0 Å². The van der Waals surface area contributed by atoms with Crippen molar-refractivity contribution in [1.82, 2.24) is 0 Å². The highest BCUT2D eigenvalue weighted by atomic mass is 17.7. The van der Waals surface area contributed by atoms with Crippen LogP contribution in [0.15, 0.2) is 0 Å². The van der Waals surface area contributed by atoms with Gasteiger partial charge in [-0.25, -0.2) is 19.9 Å². The van der Waals surface area contributed by atoms with Crippen molar-refractivity contribution in [3.8, 4) is 24.7 Å². The summed E-state index contributed by atoms with van der Waals surface area (Å²) in [5.74, 6) is 0. The zero-order valence-corrected chi connectivity index (χ0v) is 5.38. The standard InChI is InChI=1S/C4H2O8/c1-2-6-11-12-8-4-3-7-10-9-5/h1,5H. The van der Waals surface area contributed by atoms with E-state index in [4.69, 9.17) is 5.26 Å². The molecule has 8 heteroatoms. The summed E-state index contributed by atoms with van der Waals surface area (Å²) in [5.41, 5.74) is 0. The first-order valence-electron chi connectivity index (χ1n) is 2.17.